The van der Waals surface area contributed by atoms with E-state index in [0.717, 1.165) is 75.9 Å². The number of nitrogens with one attached hydrogen (secondary N) is 1. The molecule has 11 heteroatoms. The summed E-state index contributed by atoms with van der Waals surface area (Å²) in [6.45, 7) is 4.31. The van der Waals surface area contributed by atoms with Gasteiger partial charge in [-0.3, -0.25) is 0 Å². The van der Waals surface area contributed by atoms with Gasteiger partial charge in [-0.2, -0.15) is 13.2 Å². The molecule has 3 aliphatic rings. The van der Waals surface area contributed by atoms with Crippen molar-refractivity contribution in [1.82, 2.24) is 10.2 Å². The molecule has 1 aromatic carbocycles. The van der Waals surface area contributed by atoms with Crippen molar-refractivity contribution in [2.75, 3.05) is 42.6 Å². The normalized spacial score (nSPS) is 26.9. The number of piperazine rings is 1. The molecule has 2 heterocycles. The number of carbonyl (C=O) groups is 2. The molecule has 1 unspecified atom stereocenters. The van der Waals surface area contributed by atoms with Gasteiger partial charge in [0.25, 0.3) is 0 Å². The van der Waals surface area contributed by atoms with E-state index in [9.17, 15) is 22.8 Å². The quantitative estimate of drug-likeness (QED) is 0.364. The SMILES string of the molecule is C[I-]OC(=O)C1CCC(NC(=O)[C@H]2CC2CN2CCN(c3csc4cc(C(F)(F)F)ccc34)CC2)CC1. The third kappa shape index (κ3) is 6.35. The summed E-state index contributed by atoms with van der Waals surface area (Å²) in [6.07, 6.45) is -0.163. The topological polar surface area (TPSA) is 61.9 Å². The Bertz CT molecular complexity index is 1130. The third-order valence-electron chi connectivity index (χ3n) is 7.91. The number of carbonyl (C=O) groups excluding carboxylic acids is 2. The first-order valence-corrected chi connectivity index (χ1v) is 16.7. The van der Waals surface area contributed by atoms with Crippen molar-refractivity contribution in [2.24, 2.45) is 17.8 Å². The van der Waals surface area contributed by atoms with Crippen LogP contribution in [0.1, 0.15) is 37.7 Å². The Morgan fingerprint density at radius 3 is 2.54 bits per heavy atom. The van der Waals surface area contributed by atoms with E-state index in [0.29, 0.717) is 10.6 Å². The average Bonchev–Trinajstić information content (AvgIpc) is 3.52. The van der Waals surface area contributed by atoms with E-state index >= 15 is 0 Å². The molecule has 2 saturated carbocycles. The Labute approximate surface area is 229 Å². The summed E-state index contributed by atoms with van der Waals surface area (Å²) >= 11 is 0.875. The van der Waals surface area contributed by atoms with Gasteiger partial charge in [0.1, 0.15) is 0 Å². The number of alkyl halides is 4. The minimum atomic E-state index is -4.33. The first kappa shape index (κ1) is 27.0. The van der Waals surface area contributed by atoms with E-state index in [-0.39, 0.29) is 29.8 Å². The summed E-state index contributed by atoms with van der Waals surface area (Å²) in [5.41, 5.74) is 0.406. The molecule has 2 aliphatic carbocycles. The zero-order chi connectivity index (χ0) is 26.2. The predicted molar refractivity (Wildman–Crippen MR) is 133 cm³/mol. The molecule has 1 amide bonds. The fourth-order valence-corrected chi connectivity index (χ4v) is 7.43. The fourth-order valence-electron chi connectivity index (χ4n) is 5.63. The van der Waals surface area contributed by atoms with E-state index in [1.165, 1.54) is 23.5 Å². The van der Waals surface area contributed by atoms with Gasteiger partial charge in [-0.05, 0) is 12.1 Å². The van der Waals surface area contributed by atoms with Gasteiger partial charge in [0.15, 0.2) is 0 Å². The molecule has 3 fully saturated rings. The number of nitrogens with zero attached hydrogens (tertiary/aromatic N) is 2. The first-order chi connectivity index (χ1) is 17.7. The van der Waals surface area contributed by atoms with Crippen molar-refractivity contribution in [2.45, 2.75) is 44.3 Å². The van der Waals surface area contributed by atoms with Gasteiger partial charge in [0.05, 0.1) is 11.3 Å². The second-order valence-electron chi connectivity index (χ2n) is 10.3. The maximum atomic E-state index is 13.0. The average molecular weight is 651 g/mol. The van der Waals surface area contributed by atoms with E-state index in [2.05, 4.69) is 15.1 Å². The molecule has 0 radical (unpaired) electrons. The summed E-state index contributed by atoms with van der Waals surface area (Å²) in [7, 11) is 0. The molecule has 1 N–H and O–H groups in total. The summed E-state index contributed by atoms with van der Waals surface area (Å²) in [5.74, 6) is 0.537. The van der Waals surface area contributed by atoms with Gasteiger partial charge >= 0.3 is 130 Å². The Hall–Kier alpha value is -1.60. The van der Waals surface area contributed by atoms with Crippen molar-refractivity contribution >= 4 is 39.0 Å². The summed E-state index contributed by atoms with van der Waals surface area (Å²) < 4.78 is 45.0. The molecular weight excluding hydrogens is 618 g/mol. The van der Waals surface area contributed by atoms with Crippen LogP contribution in [-0.2, 0) is 18.8 Å². The Balaban J connectivity index is 1.05. The molecule has 2 atom stereocenters. The van der Waals surface area contributed by atoms with Gasteiger partial charge in [0, 0.05) is 41.6 Å². The molecular formula is C26H32F3IN3O3S-. The minimum absolute atomic E-state index is 0.00966. The number of hydrogen-bond donors (Lipinski definition) is 1. The molecule has 2 aromatic rings. The monoisotopic (exact) mass is 650 g/mol. The number of benzene rings is 1. The van der Waals surface area contributed by atoms with Crippen molar-refractivity contribution in [3.63, 3.8) is 0 Å². The molecule has 5 rings (SSSR count). The van der Waals surface area contributed by atoms with Crippen LogP contribution >= 0.6 is 11.3 Å². The first-order valence-electron chi connectivity index (χ1n) is 12.8. The van der Waals surface area contributed by atoms with Crippen molar-refractivity contribution < 1.29 is 47.4 Å². The van der Waals surface area contributed by atoms with Gasteiger partial charge < -0.3 is 4.90 Å². The third-order valence-corrected chi connectivity index (χ3v) is 9.71. The van der Waals surface area contributed by atoms with Crippen molar-refractivity contribution in [3.8, 4) is 0 Å². The number of hydrogen-bond acceptors (Lipinski definition) is 6. The molecule has 1 aliphatic heterocycles. The van der Waals surface area contributed by atoms with Gasteiger partial charge in [-0.15, -0.1) is 11.3 Å². The molecule has 0 bridgehead atoms. The van der Waals surface area contributed by atoms with Crippen molar-refractivity contribution in [3.05, 3.63) is 29.1 Å². The van der Waals surface area contributed by atoms with Crippen LogP contribution < -0.4 is 31.8 Å². The van der Waals surface area contributed by atoms with Crippen molar-refractivity contribution in [1.29, 1.82) is 0 Å². The molecule has 6 nitrogen and oxygen atoms in total. The van der Waals surface area contributed by atoms with Gasteiger partial charge in [0.2, 0.25) is 0 Å². The van der Waals surface area contributed by atoms with Crippen LogP contribution in [-0.4, -0.2) is 60.5 Å². The van der Waals surface area contributed by atoms with Crippen LogP contribution in [0.5, 0.6) is 0 Å². The number of fused-ring (bicyclic) bond motifs is 1. The molecule has 0 spiro atoms. The van der Waals surface area contributed by atoms with Crippen LogP contribution in [0.25, 0.3) is 10.1 Å². The molecule has 1 aromatic heterocycles. The van der Waals surface area contributed by atoms with Crippen LogP contribution in [0.2, 0.25) is 0 Å². The molecule has 37 heavy (non-hydrogen) atoms. The number of anilines is 1. The Morgan fingerprint density at radius 2 is 1.86 bits per heavy atom. The summed E-state index contributed by atoms with van der Waals surface area (Å²) in [5, 5.41) is 6.05. The van der Waals surface area contributed by atoms with E-state index in [4.69, 9.17) is 3.07 Å². The van der Waals surface area contributed by atoms with Crippen LogP contribution in [0.3, 0.4) is 0 Å². The van der Waals surface area contributed by atoms with E-state index in [1.807, 2.05) is 10.3 Å². The van der Waals surface area contributed by atoms with Crippen LogP contribution in [0.15, 0.2) is 23.6 Å². The standard InChI is InChI=1S/C26H32F3IN3O3S/c1-30-36-25(35)16-2-5-19(6-3-16)31-24(34)21-12-17(21)14-32-8-10-33(11-9-32)22-15-37-23-13-18(26(27,28)29)4-7-20(22)23/h4,7,13,15-17,19,21H,2-3,5-6,8-12,14H2,1H3,(H,31,34)/q-1/t16?,17?,19?,21-/m0/s1. The second-order valence-corrected chi connectivity index (χ2v) is 12.6. The van der Waals surface area contributed by atoms with Gasteiger partial charge in [-0.1, -0.05) is 6.07 Å². The van der Waals surface area contributed by atoms with Gasteiger partial charge in [-0.25, -0.2) is 0 Å². The Kier molecular flexibility index (Phi) is 8.21. The summed E-state index contributed by atoms with van der Waals surface area (Å²) in [6, 6.07) is 4.16. The zero-order valence-electron chi connectivity index (χ0n) is 20.7. The summed E-state index contributed by atoms with van der Waals surface area (Å²) in [4.78, 5) is 31.3. The Morgan fingerprint density at radius 1 is 1.14 bits per heavy atom. The zero-order valence-corrected chi connectivity index (χ0v) is 23.7. The van der Waals surface area contributed by atoms with Crippen LogP contribution in [0.4, 0.5) is 18.9 Å². The number of halogens is 4. The molecule has 1 saturated heterocycles. The maximum absolute atomic E-state index is 13.0. The second kappa shape index (κ2) is 11.3. The number of rotatable bonds is 7. The number of thiophene rings is 1. The number of amides is 1. The van der Waals surface area contributed by atoms with Crippen LogP contribution in [0, 0.1) is 17.8 Å². The fraction of sp³-hybridized carbons (Fsp3) is 0.615. The molecule has 204 valence electrons. The van der Waals surface area contributed by atoms with E-state index < -0.39 is 33.4 Å². The predicted octanol–water partition coefficient (Wildman–Crippen LogP) is 1.53. The van der Waals surface area contributed by atoms with E-state index in [1.54, 1.807) is 6.07 Å².